The lowest BCUT2D eigenvalue weighted by molar-refractivity contribution is -0.148. The van der Waals surface area contributed by atoms with E-state index < -0.39 is 0 Å². The molecule has 3 rings (SSSR count). The normalized spacial score (nSPS) is 17.3. The van der Waals surface area contributed by atoms with Crippen LogP contribution in [0.4, 0.5) is 0 Å². The third-order valence-corrected chi connectivity index (χ3v) is 10.6. The second kappa shape index (κ2) is 15.5. The fourth-order valence-corrected chi connectivity index (χ4v) is 7.90. The van der Waals surface area contributed by atoms with Gasteiger partial charge in [-0.1, -0.05) is 95.2 Å². The van der Waals surface area contributed by atoms with E-state index in [0.29, 0.717) is 37.5 Å². The summed E-state index contributed by atoms with van der Waals surface area (Å²) in [4.78, 5) is 28.8. The van der Waals surface area contributed by atoms with Crippen LogP contribution in [0.25, 0.3) is 0 Å². The molecule has 0 aromatic heterocycles. The second-order valence-corrected chi connectivity index (χ2v) is 20.5. The van der Waals surface area contributed by atoms with Crippen molar-refractivity contribution in [1.29, 1.82) is 0 Å². The molecule has 7 nitrogen and oxygen atoms in total. The van der Waals surface area contributed by atoms with E-state index in [4.69, 9.17) is 9.47 Å². The molecular weight excluding hydrogens is 650 g/mol. The van der Waals surface area contributed by atoms with Gasteiger partial charge in [-0.15, -0.1) is 0 Å². The van der Waals surface area contributed by atoms with E-state index in [1.165, 1.54) is 0 Å². The highest BCUT2D eigenvalue weighted by Gasteiger charge is 2.45. The van der Waals surface area contributed by atoms with E-state index in [0.717, 1.165) is 40.7 Å². The van der Waals surface area contributed by atoms with E-state index in [1.807, 2.05) is 24.3 Å². The fraction of sp³-hybridized carbons (Fsp3) is 0.689. The van der Waals surface area contributed by atoms with Gasteiger partial charge in [0.1, 0.15) is 18.1 Å². The average Bonchev–Trinajstić information content (AvgIpc) is 2.95. The van der Waals surface area contributed by atoms with Gasteiger partial charge in [-0.05, 0) is 97.4 Å². The minimum atomic E-state index is -0.304. The van der Waals surface area contributed by atoms with Gasteiger partial charge in [-0.3, -0.25) is 14.5 Å². The Kier molecular flexibility index (Phi) is 12.9. The van der Waals surface area contributed by atoms with E-state index in [2.05, 4.69) is 116 Å². The molecule has 1 aliphatic rings. The number of rotatable bonds is 11. The predicted octanol–water partition coefficient (Wildman–Crippen LogP) is 10.1. The maximum Gasteiger partial charge on any atom is 0.306 e. The van der Waals surface area contributed by atoms with E-state index in [1.54, 1.807) is 0 Å². The zero-order valence-corrected chi connectivity index (χ0v) is 35.5. The molecule has 1 aliphatic heterocycles. The van der Waals surface area contributed by atoms with Gasteiger partial charge in [0.25, 0.3) is 0 Å². The average molecular weight is 722 g/mol. The van der Waals surface area contributed by atoms with E-state index in [-0.39, 0.29) is 69.2 Å². The summed E-state index contributed by atoms with van der Waals surface area (Å²) in [5, 5.41) is 22.1. The van der Waals surface area contributed by atoms with Crippen molar-refractivity contribution >= 4 is 11.8 Å². The molecule has 52 heavy (non-hydrogen) atoms. The van der Waals surface area contributed by atoms with Crippen LogP contribution < -0.4 is 0 Å². The molecule has 292 valence electrons. The molecule has 2 aromatic rings. The van der Waals surface area contributed by atoms with Crippen LogP contribution >= 0.6 is 0 Å². The highest BCUT2D eigenvalue weighted by atomic mass is 16.5. The van der Waals surface area contributed by atoms with Gasteiger partial charge in [-0.2, -0.15) is 0 Å². The van der Waals surface area contributed by atoms with Gasteiger partial charge in [0.05, 0.1) is 12.7 Å². The number of nitrogens with zero attached hydrogens (tertiary/aromatic N) is 1. The van der Waals surface area contributed by atoms with E-state index >= 15 is 0 Å². The number of piperidine rings is 1. The summed E-state index contributed by atoms with van der Waals surface area (Å²) < 4.78 is 12.2. The molecule has 0 atom stereocenters. The Bertz CT molecular complexity index is 1500. The molecule has 1 heterocycles. The van der Waals surface area contributed by atoms with Gasteiger partial charge in [-0.25, -0.2) is 0 Å². The summed E-state index contributed by atoms with van der Waals surface area (Å²) >= 11 is 0. The maximum atomic E-state index is 13.5. The van der Waals surface area contributed by atoms with Crippen molar-refractivity contribution in [3.63, 3.8) is 0 Å². The van der Waals surface area contributed by atoms with Crippen LogP contribution in [0.15, 0.2) is 24.3 Å². The molecule has 0 bridgehead atoms. The molecular formula is C45H71NO6. The first-order valence-electron chi connectivity index (χ1n) is 19.3. The molecule has 0 amide bonds. The van der Waals surface area contributed by atoms with E-state index in [9.17, 15) is 19.8 Å². The molecule has 2 N–H and O–H groups in total. The fourth-order valence-electron chi connectivity index (χ4n) is 7.90. The number of aromatic hydroxyl groups is 2. The van der Waals surface area contributed by atoms with Crippen LogP contribution in [-0.4, -0.2) is 63.8 Å². The first-order chi connectivity index (χ1) is 23.4. The van der Waals surface area contributed by atoms with Gasteiger partial charge in [0.2, 0.25) is 0 Å². The number of likely N-dealkylation sites (tertiary alicyclic amines) is 1. The van der Waals surface area contributed by atoms with Gasteiger partial charge < -0.3 is 19.7 Å². The topological polar surface area (TPSA) is 96.3 Å². The minimum Gasteiger partial charge on any atom is -0.507 e. The predicted molar refractivity (Wildman–Crippen MR) is 213 cm³/mol. The Morgan fingerprint density at radius 2 is 1.08 bits per heavy atom. The minimum absolute atomic E-state index is 0.00650. The van der Waals surface area contributed by atoms with Crippen molar-refractivity contribution in [3.8, 4) is 11.5 Å². The highest BCUT2D eigenvalue weighted by molar-refractivity contribution is 5.97. The summed E-state index contributed by atoms with van der Waals surface area (Å²) in [5.41, 5.74) is 3.54. The van der Waals surface area contributed by atoms with Crippen molar-refractivity contribution in [1.82, 2.24) is 4.90 Å². The first kappa shape index (κ1) is 43.5. The number of ketones is 1. The number of esters is 1. The number of Topliss-reactive ketones (excluding diaryl/α,β-unsaturated/α-hetero) is 1. The second-order valence-electron chi connectivity index (χ2n) is 20.5. The van der Waals surface area contributed by atoms with Crippen LogP contribution in [0.3, 0.4) is 0 Å². The lowest BCUT2D eigenvalue weighted by Gasteiger charge is -2.55. The Hall–Kier alpha value is -2.90. The number of carbonyl (C=O) groups excluding carboxylic acids is 2. The number of phenolic OH excluding ortho intramolecular Hbond substituents is 2. The van der Waals surface area contributed by atoms with Crippen LogP contribution in [0, 0.1) is 0 Å². The Morgan fingerprint density at radius 3 is 1.48 bits per heavy atom. The summed E-state index contributed by atoms with van der Waals surface area (Å²) in [6.07, 6.45) is 2.69. The number of aryl methyl sites for hydroxylation is 1. The lowest BCUT2D eigenvalue weighted by Crippen LogP contribution is -2.62. The zero-order valence-electron chi connectivity index (χ0n) is 35.5. The quantitative estimate of drug-likeness (QED) is 0.176. The van der Waals surface area contributed by atoms with Crippen molar-refractivity contribution in [2.45, 2.75) is 182 Å². The SMILES string of the molecule is CC(C)(C)c1cc(CCC(=O)OCCN2C(C)(C)CC(OCCC(=O)c3cc(C(C)(C)C)c(O)c(C(C)(C)C)c3)CC2(C)C)cc(C(C)(C)C)c1O. The number of ether oxygens (including phenoxy) is 2. The van der Waals surface area contributed by atoms with Crippen molar-refractivity contribution in [2.24, 2.45) is 0 Å². The number of hydrogen-bond acceptors (Lipinski definition) is 7. The van der Waals surface area contributed by atoms with Gasteiger partial charge in [0, 0.05) is 47.2 Å². The standard InChI is InChI=1S/C45H71NO6/c1-40(2,3)32-23-29(24-33(38(32)49)41(4,5)6)17-18-37(48)52-22-20-46-44(13,14)27-31(28-45(46,15)16)51-21-19-36(47)30-25-34(42(7,8)9)39(50)35(26-30)43(10,11)12/h23-26,31,49-50H,17-22,27-28H2,1-16H3. The number of hydrogen-bond donors (Lipinski definition) is 2. The Morgan fingerprint density at radius 1 is 0.673 bits per heavy atom. The third-order valence-electron chi connectivity index (χ3n) is 10.6. The third kappa shape index (κ3) is 10.8. The molecule has 0 spiro atoms. The van der Waals surface area contributed by atoms with Crippen molar-refractivity contribution < 1.29 is 29.3 Å². The Balaban J connectivity index is 1.58. The highest BCUT2D eigenvalue weighted by Crippen LogP contribution is 2.42. The number of phenols is 2. The molecule has 0 unspecified atom stereocenters. The van der Waals surface area contributed by atoms with Gasteiger partial charge in [0.15, 0.2) is 5.78 Å². The largest absolute Gasteiger partial charge is 0.507 e. The number of carbonyl (C=O) groups is 2. The zero-order chi connectivity index (χ0) is 39.8. The number of benzene rings is 2. The van der Waals surface area contributed by atoms with Crippen LogP contribution in [-0.2, 0) is 42.3 Å². The molecule has 7 heteroatoms. The Labute approximate surface area is 315 Å². The lowest BCUT2D eigenvalue weighted by atomic mass is 9.78. The molecule has 2 aromatic carbocycles. The monoisotopic (exact) mass is 722 g/mol. The van der Waals surface area contributed by atoms with Crippen LogP contribution in [0.2, 0.25) is 0 Å². The summed E-state index contributed by atoms with van der Waals surface area (Å²) in [7, 11) is 0. The van der Waals surface area contributed by atoms with Crippen LogP contribution in [0.5, 0.6) is 11.5 Å². The van der Waals surface area contributed by atoms with Crippen LogP contribution in [0.1, 0.15) is 175 Å². The molecule has 1 fully saturated rings. The molecule has 0 radical (unpaired) electrons. The molecule has 0 aliphatic carbocycles. The smallest absolute Gasteiger partial charge is 0.306 e. The van der Waals surface area contributed by atoms with Crippen molar-refractivity contribution in [2.75, 3.05) is 19.8 Å². The molecule has 0 saturated carbocycles. The summed E-state index contributed by atoms with van der Waals surface area (Å²) in [6.45, 7) is 35.0. The summed E-state index contributed by atoms with van der Waals surface area (Å²) in [6, 6.07) is 7.76. The summed E-state index contributed by atoms with van der Waals surface area (Å²) in [5.74, 6) is 0.414. The van der Waals surface area contributed by atoms with Crippen molar-refractivity contribution in [3.05, 3.63) is 57.6 Å². The maximum absolute atomic E-state index is 13.5. The van der Waals surface area contributed by atoms with Gasteiger partial charge >= 0.3 is 5.97 Å². The first-order valence-corrected chi connectivity index (χ1v) is 19.3. The molecule has 1 saturated heterocycles.